The second-order valence-electron chi connectivity index (χ2n) is 5.88. The number of aryl methyl sites for hydroxylation is 1. The van der Waals surface area contributed by atoms with E-state index >= 15 is 0 Å². The number of oxazole rings is 1. The second-order valence-corrected chi connectivity index (χ2v) is 5.88. The van der Waals surface area contributed by atoms with Gasteiger partial charge in [0.25, 0.3) is 5.91 Å². The van der Waals surface area contributed by atoms with Crippen LogP contribution in [0.4, 0.5) is 4.39 Å². The fourth-order valence-corrected chi connectivity index (χ4v) is 2.48. The highest BCUT2D eigenvalue weighted by molar-refractivity contribution is 5.95. The van der Waals surface area contributed by atoms with E-state index in [0.29, 0.717) is 11.6 Å². The molecular formula is C17H17FN2O5. The summed E-state index contributed by atoms with van der Waals surface area (Å²) in [6, 6.07) is 2.27. The zero-order valence-electron chi connectivity index (χ0n) is 13.7. The summed E-state index contributed by atoms with van der Waals surface area (Å²) in [5, 5.41) is 11.7. The smallest absolute Gasteiger partial charge is 0.330 e. The highest BCUT2D eigenvalue weighted by Crippen LogP contribution is 2.40. The Hall–Kier alpha value is -2.90. The average Bonchev–Trinajstić information content (AvgIpc) is 3.34. The Morgan fingerprint density at radius 3 is 2.72 bits per heavy atom. The zero-order valence-corrected chi connectivity index (χ0v) is 13.7. The predicted molar refractivity (Wildman–Crippen MR) is 84.0 cm³/mol. The molecule has 1 aromatic carbocycles. The summed E-state index contributed by atoms with van der Waals surface area (Å²) in [5.74, 6) is -2.07. The van der Waals surface area contributed by atoms with E-state index in [0.717, 1.165) is 18.9 Å². The van der Waals surface area contributed by atoms with Crippen LogP contribution in [0.15, 0.2) is 22.6 Å². The van der Waals surface area contributed by atoms with E-state index < -0.39 is 23.7 Å². The van der Waals surface area contributed by atoms with Gasteiger partial charge in [-0.15, -0.1) is 0 Å². The summed E-state index contributed by atoms with van der Waals surface area (Å²) in [6.45, 7) is 1.62. The van der Waals surface area contributed by atoms with E-state index in [1.807, 2.05) is 0 Å². The first-order valence-electron chi connectivity index (χ1n) is 7.75. The van der Waals surface area contributed by atoms with Crippen molar-refractivity contribution in [2.24, 2.45) is 0 Å². The van der Waals surface area contributed by atoms with Crippen molar-refractivity contribution in [1.82, 2.24) is 10.3 Å². The van der Waals surface area contributed by atoms with Crippen LogP contribution in [0.2, 0.25) is 0 Å². The number of aliphatic carboxylic acids is 1. The first kappa shape index (κ1) is 16.9. The molecule has 1 atom stereocenters. The van der Waals surface area contributed by atoms with Gasteiger partial charge in [-0.3, -0.25) is 4.79 Å². The van der Waals surface area contributed by atoms with Crippen molar-refractivity contribution < 1.29 is 28.2 Å². The molecule has 1 aliphatic carbocycles. The van der Waals surface area contributed by atoms with Gasteiger partial charge in [-0.2, -0.15) is 0 Å². The van der Waals surface area contributed by atoms with E-state index in [1.165, 1.54) is 19.2 Å². The number of nitrogens with one attached hydrogen (secondary N) is 1. The number of carboxylic acid groups (broad SMARTS) is 1. The Morgan fingerprint density at radius 1 is 1.44 bits per heavy atom. The van der Waals surface area contributed by atoms with E-state index in [4.69, 9.17) is 9.15 Å². The SMILES string of the molecule is COc1ccc([C@H](NC(=O)c2oc(C3CC3)nc2C)C(=O)O)cc1F. The van der Waals surface area contributed by atoms with Gasteiger partial charge in [0, 0.05) is 5.92 Å². The number of carbonyl (C=O) groups excluding carboxylic acids is 1. The molecule has 0 unspecified atom stereocenters. The maximum atomic E-state index is 13.8. The Balaban J connectivity index is 1.83. The predicted octanol–water partition coefficient (Wildman–Crippen LogP) is 2.56. The van der Waals surface area contributed by atoms with Gasteiger partial charge >= 0.3 is 5.97 Å². The molecule has 8 heteroatoms. The molecule has 0 spiro atoms. The summed E-state index contributed by atoms with van der Waals surface area (Å²) in [5.41, 5.74) is 0.475. The van der Waals surface area contributed by atoms with Crippen molar-refractivity contribution in [3.63, 3.8) is 0 Å². The van der Waals surface area contributed by atoms with Crippen LogP contribution in [0.1, 0.15) is 52.5 Å². The molecular weight excluding hydrogens is 331 g/mol. The lowest BCUT2D eigenvalue weighted by Crippen LogP contribution is -2.34. The van der Waals surface area contributed by atoms with Crippen molar-refractivity contribution in [3.05, 3.63) is 46.9 Å². The van der Waals surface area contributed by atoms with Crippen molar-refractivity contribution in [1.29, 1.82) is 0 Å². The highest BCUT2D eigenvalue weighted by Gasteiger charge is 2.32. The molecule has 0 radical (unpaired) electrons. The van der Waals surface area contributed by atoms with Crippen molar-refractivity contribution in [2.75, 3.05) is 7.11 Å². The molecule has 0 bridgehead atoms. The average molecular weight is 348 g/mol. The molecule has 0 saturated heterocycles. The first-order valence-corrected chi connectivity index (χ1v) is 7.75. The molecule has 25 heavy (non-hydrogen) atoms. The maximum Gasteiger partial charge on any atom is 0.330 e. The van der Waals surface area contributed by atoms with Gasteiger partial charge < -0.3 is 19.6 Å². The van der Waals surface area contributed by atoms with Crippen LogP contribution in [0.25, 0.3) is 0 Å². The number of carbonyl (C=O) groups is 2. The largest absolute Gasteiger partial charge is 0.494 e. The van der Waals surface area contributed by atoms with Gasteiger partial charge in [-0.1, -0.05) is 6.07 Å². The number of amides is 1. The summed E-state index contributed by atoms with van der Waals surface area (Å²) in [6.07, 6.45) is 1.92. The van der Waals surface area contributed by atoms with Crippen molar-refractivity contribution in [3.8, 4) is 5.75 Å². The lowest BCUT2D eigenvalue weighted by atomic mass is 10.1. The number of hydrogen-bond acceptors (Lipinski definition) is 5. The number of carboxylic acids is 1. The van der Waals surface area contributed by atoms with Crippen LogP contribution in [-0.2, 0) is 4.79 Å². The summed E-state index contributed by atoms with van der Waals surface area (Å²) in [7, 11) is 1.30. The molecule has 7 nitrogen and oxygen atoms in total. The number of rotatable bonds is 6. The second kappa shape index (κ2) is 6.54. The number of benzene rings is 1. The number of methoxy groups -OCH3 is 1. The fourth-order valence-electron chi connectivity index (χ4n) is 2.48. The van der Waals surface area contributed by atoms with Crippen molar-refractivity contribution >= 4 is 11.9 Å². The van der Waals surface area contributed by atoms with Gasteiger partial charge in [-0.25, -0.2) is 14.2 Å². The number of ether oxygens (including phenoxy) is 1. The van der Waals surface area contributed by atoms with Crippen LogP contribution in [0.5, 0.6) is 5.75 Å². The van der Waals surface area contributed by atoms with Gasteiger partial charge in [0.2, 0.25) is 5.76 Å². The normalized spacial score (nSPS) is 14.8. The summed E-state index contributed by atoms with van der Waals surface area (Å²) >= 11 is 0. The molecule has 2 aromatic rings. The van der Waals surface area contributed by atoms with Crippen LogP contribution < -0.4 is 10.1 Å². The minimum atomic E-state index is -1.43. The van der Waals surface area contributed by atoms with Crippen molar-refractivity contribution in [2.45, 2.75) is 31.7 Å². The Labute approximate surface area is 142 Å². The number of hydrogen-bond donors (Lipinski definition) is 2. The van der Waals surface area contributed by atoms with E-state index in [2.05, 4.69) is 10.3 Å². The van der Waals surface area contributed by atoms with E-state index in [1.54, 1.807) is 6.92 Å². The first-order chi connectivity index (χ1) is 11.9. The van der Waals surface area contributed by atoms with Gasteiger partial charge in [0.1, 0.15) is 0 Å². The van der Waals surface area contributed by atoms with E-state index in [9.17, 15) is 19.1 Å². The molecule has 132 valence electrons. The molecule has 1 aromatic heterocycles. The third-order valence-electron chi connectivity index (χ3n) is 3.98. The molecule has 1 amide bonds. The van der Waals surface area contributed by atoms with E-state index in [-0.39, 0.29) is 23.0 Å². The lowest BCUT2D eigenvalue weighted by molar-refractivity contribution is -0.139. The lowest BCUT2D eigenvalue weighted by Gasteiger charge is -2.15. The molecule has 1 saturated carbocycles. The molecule has 0 aliphatic heterocycles. The fraction of sp³-hybridized carbons (Fsp3) is 0.353. The molecule has 1 fully saturated rings. The van der Waals surface area contributed by atoms with Gasteiger partial charge in [0.15, 0.2) is 23.5 Å². The summed E-state index contributed by atoms with van der Waals surface area (Å²) < 4.78 is 24.1. The number of aromatic nitrogens is 1. The molecule has 2 N–H and O–H groups in total. The minimum absolute atomic E-state index is 0.0145. The maximum absolute atomic E-state index is 13.8. The zero-order chi connectivity index (χ0) is 18.1. The third-order valence-corrected chi connectivity index (χ3v) is 3.98. The third kappa shape index (κ3) is 3.47. The van der Waals surface area contributed by atoms with Crippen LogP contribution in [0, 0.1) is 12.7 Å². The van der Waals surface area contributed by atoms with Crippen LogP contribution >= 0.6 is 0 Å². The molecule has 1 heterocycles. The quantitative estimate of drug-likeness (QED) is 0.832. The van der Waals surface area contributed by atoms with Gasteiger partial charge in [0.05, 0.1) is 12.8 Å². The Bertz CT molecular complexity index is 828. The molecule has 1 aliphatic rings. The Morgan fingerprint density at radius 2 is 2.16 bits per heavy atom. The minimum Gasteiger partial charge on any atom is -0.494 e. The topological polar surface area (TPSA) is 102 Å². The van der Waals surface area contributed by atoms with Crippen LogP contribution in [-0.4, -0.2) is 29.1 Å². The highest BCUT2D eigenvalue weighted by atomic mass is 19.1. The summed E-state index contributed by atoms with van der Waals surface area (Å²) in [4.78, 5) is 28.1. The number of nitrogens with zero attached hydrogens (tertiary/aromatic N) is 1. The van der Waals surface area contributed by atoms with Gasteiger partial charge in [-0.05, 0) is 37.5 Å². The Kier molecular flexibility index (Phi) is 4.43. The number of halogens is 1. The monoisotopic (exact) mass is 348 g/mol. The standard InChI is InChI=1S/C17H17FN2O5/c1-8-14(25-16(19-8)9-3-4-9)15(21)20-13(17(22)23)10-5-6-12(24-2)11(18)7-10/h5-7,9,13H,3-4H2,1-2H3,(H,20,21)(H,22,23)/t13-/m0/s1. The molecule has 3 rings (SSSR count). The van der Waals surface area contributed by atoms with Crippen LogP contribution in [0.3, 0.4) is 0 Å².